The van der Waals surface area contributed by atoms with Crippen LogP contribution in [0.3, 0.4) is 0 Å². The third-order valence-electron chi connectivity index (χ3n) is 2.98. The van der Waals surface area contributed by atoms with Crippen molar-refractivity contribution >= 4 is 5.69 Å². The molecule has 0 fully saturated rings. The fraction of sp³-hybridized carbons (Fsp3) is 0.176. The molecule has 2 rings (SSSR count). The van der Waals surface area contributed by atoms with Crippen LogP contribution < -0.4 is 10.6 Å². The molecule has 0 aliphatic rings. The van der Waals surface area contributed by atoms with Crippen molar-refractivity contribution in [3.8, 4) is 11.8 Å². The largest absolute Gasteiger partial charge is 0.370 e. The van der Waals surface area contributed by atoms with Crippen molar-refractivity contribution in [2.24, 2.45) is 5.73 Å². The van der Waals surface area contributed by atoms with Crippen LogP contribution in [0.2, 0.25) is 0 Å². The first kappa shape index (κ1) is 15.0. The van der Waals surface area contributed by atoms with E-state index < -0.39 is 0 Å². The zero-order valence-electron chi connectivity index (χ0n) is 11.7. The number of anilines is 1. The molecule has 0 aliphatic carbocycles. The van der Waals surface area contributed by atoms with Gasteiger partial charge in [0.2, 0.25) is 0 Å². The summed E-state index contributed by atoms with van der Waals surface area (Å²) in [6.45, 7) is 0.738. The van der Waals surface area contributed by atoms with E-state index >= 15 is 0 Å². The van der Waals surface area contributed by atoms with Crippen LogP contribution in [0.25, 0.3) is 0 Å². The summed E-state index contributed by atoms with van der Waals surface area (Å²) in [5.41, 5.74) is 7.57. The number of rotatable bonds is 3. The molecular formula is C17H16F2N2. The molecule has 21 heavy (non-hydrogen) atoms. The Balaban J connectivity index is 2.18. The number of nitrogens with two attached hydrogens (primary N) is 1. The van der Waals surface area contributed by atoms with Gasteiger partial charge < -0.3 is 10.6 Å². The van der Waals surface area contributed by atoms with E-state index in [0.29, 0.717) is 12.1 Å². The first-order valence-electron chi connectivity index (χ1n) is 6.53. The lowest BCUT2D eigenvalue weighted by atomic mass is 10.1. The van der Waals surface area contributed by atoms with Gasteiger partial charge in [-0.3, -0.25) is 0 Å². The predicted octanol–water partition coefficient (Wildman–Crippen LogP) is 2.91. The second kappa shape index (κ2) is 6.87. The highest BCUT2D eigenvalue weighted by molar-refractivity contribution is 5.47. The van der Waals surface area contributed by atoms with Crippen LogP contribution in [-0.4, -0.2) is 13.6 Å². The van der Waals surface area contributed by atoms with E-state index in [9.17, 15) is 8.78 Å². The van der Waals surface area contributed by atoms with Gasteiger partial charge in [-0.25, -0.2) is 8.78 Å². The van der Waals surface area contributed by atoms with Crippen molar-refractivity contribution < 1.29 is 8.78 Å². The van der Waals surface area contributed by atoms with E-state index in [-0.39, 0.29) is 18.2 Å². The summed E-state index contributed by atoms with van der Waals surface area (Å²) in [7, 11) is 1.86. The summed E-state index contributed by atoms with van der Waals surface area (Å²) in [5, 5.41) is 0. The molecule has 2 aromatic rings. The van der Waals surface area contributed by atoms with E-state index in [0.717, 1.165) is 11.3 Å². The molecule has 0 bridgehead atoms. The Kier molecular flexibility index (Phi) is 4.91. The second-order valence-electron chi connectivity index (χ2n) is 4.69. The minimum atomic E-state index is -0.332. The SMILES string of the molecule is CN(Cc1cc(F)cc(C#CCN)c1)c1ccc(F)cc1. The lowest BCUT2D eigenvalue weighted by Crippen LogP contribution is -2.16. The van der Waals surface area contributed by atoms with Crippen LogP contribution >= 0.6 is 0 Å². The van der Waals surface area contributed by atoms with Crippen LogP contribution in [0.15, 0.2) is 42.5 Å². The fourth-order valence-electron chi connectivity index (χ4n) is 2.03. The number of benzene rings is 2. The maximum absolute atomic E-state index is 13.6. The van der Waals surface area contributed by atoms with Gasteiger partial charge in [-0.05, 0) is 48.0 Å². The summed E-state index contributed by atoms with van der Waals surface area (Å²) < 4.78 is 26.5. The van der Waals surface area contributed by atoms with E-state index in [4.69, 9.17) is 5.73 Å². The molecule has 4 heteroatoms. The Morgan fingerprint density at radius 3 is 2.43 bits per heavy atom. The van der Waals surface area contributed by atoms with E-state index in [2.05, 4.69) is 11.8 Å². The molecule has 0 saturated heterocycles. The summed E-state index contributed by atoms with van der Waals surface area (Å²) in [6.07, 6.45) is 0. The molecule has 0 radical (unpaired) electrons. The molecular weight excluding hydrogens is 270 g/mol. The van der Waals surface area contributed by atoms with Crippen molar-refractivity contribution in [1.29, 1.82) is 0 Å². The van der Waals surface area contributed by atoms with Gasteiger partial charge >= 0.3 is 0 Å². The first-order chi connectivity index (χ1) is 10.1. The Hall–Kier alpha value is -2.38. The van der Waals surface area contributed by atoms with E-state index in [1.165, 1.54) is 24.3 Å². The lowest BCUT2D eigenvalue weighted by molar-refractivity contribution is 0.624. The maximum atomic E-state index is 13.6. The highest BCUT2D eigenvalue weighted by atomic mass is 19.1. The molecule has 0 saturated carbocycles. The molecule has 0 aromatic heterocycles. The zero-order valence-corrected chi connectivity index (χ0v) is 11.7. The summed E-state index contributed by atoms with van der Waals surface area (Å²) in [5.74, 6) is 4.92. The average molecular weight is 286 g/mol. The van der Waals surface area contributed by atoms with Gasteiger partial charge in [0.1, 0.15) is 11.6 Å². The lowest BCUT2D eigenvalue weighted by Gasteiger charge is -2.19. The van der Waals surface area contributed by atoms with Gasteiger partial charge in [-0.1, -0.05) is 11.8 Å². The van der Waals surface area contributed by atoms with Gasteiger partial charge in [0.05, 0.1) is 6.54 Å². The highest BCUT2D eigenvalue weighted by Gasteiger charge is 2.05. The summed E-state index contributed by atoms with van der Waals surface area (Å²) in [6, 6.07) is 10.8. The standard InChI is InChI=1S/C17H16F2N2/c1-21(17-6-4-15(18)5-7-17)12-14-9-13(3-2-8-20)10-16(19)11-14/h4-7,9-11H,8,12,20H2,1H3. The van der Waals surface area contributed by atoms with E-state index in [1.807, 2.05) is 18.0 Å². The number of nitrogens with zero attached hydrogens (tertiary/aromatic N) is 1. The molecule has 0 spiro atoms. The maximum Gasteiger partial charge on any atom is 0.124 e. The minimum Gasteiger partial charge on any atom is -0.370 e. The van der Waals surface area contributed by atoms with Gasteiger partial charge in [0, 0.05) is 24.8 Å². The van der Waals surface area contributed by atoms with Crippen LogP contribution in [0, 0.1) is 23.5 Å². The quantitative estimate of drug-likeness (QED) is 0.879. The van der Waals surface area contributed by atoms with Gasteiger partial charge in [-0.2, -0.15) is 0 Å². The zero-order chi connectivity index (χ0) is 15.2. The molecule has 2 aromatic carbocycles. The Morgan fingerprint density at radius 2 is 1.76 bits per heavy atom. The topological polar surface area (TPSA) is 29.3 Å². The molecule has 2 nitrogen and oxygen atoms in total. The normalized spacial score (nSPS) is 9.90. The Bertz CT molecular complexity index is 669. The second-order valence-corrected chi connectivity index (χ2v) is 4.69. The minimum absolute atomic E-state index is 0.237. The van der Waals surface area contributed by atoms with Crippen LogP contribution in [0.5, 0.6) is 0 Å². The van der Waals surface area contributed by atoms with Crippen molar-refractivity contribution in [2.75, 3.05) is 18.5 Å². The smallest absolute Gasteiger partial charge is 0.124 e. The predicted molar refractivity (Wildman–Crippen MR) is 80.8 cm³/mol. The molecule has 0 unspecified atom stereocenters. The third-order valence-corrected chi connectivity index (χ3v) is 2.98. The van der Waals surface area contributed by atoms with Gasteiger partial charge in [-0.15, -0.1) is 0 Å². The van der Waals surface area contributed by atoms with Gasteiger partial charge in [0.15, 0.2) is 0 Å². The first-order valence-corrected chi connectivity index (χ1v) is 6.53. The Labute approximate surface area is 123 Å². The number of halogens is 2. The molecule has 0 atom stereocenters. The fourth-order valence-corrected chi connectivity index (χ4v) is 2.03. The van der Waals surface area contributed by atoms with Gasteiger partial charge in [0.25, 0.3) is 0 Å². The monoisotopic (exact) mass is 286 g/mol. The highest BCUT2D eigenvalue weighted by Crippen LogP contribution is 2.17. The third kappa shape index (κ3) is 4.30. The summed E-state index contributed by atoms with van der Waals surface area (Å²) in [4.78, 5) is 1.91. The molecule has 0 amide bonds. The van der Waals surface area contributed by atoms with Crippen molar-refractivity contribution in [1.82, 2.24) is 0 Å². The number of hydrogen-bond donors (Lipinski definition) is 1. The van der Waals surface area contributed by atoms with Crippen LogP contribution in [0.4, 0.5) is 14.5 Å². The molecule has 2 N–H and O–H groups in total. The molecule has 0 heterocycles. The number of hydrogen-bond acceptors (Lipinski definition) is 2. The van der Waals surface area contributed by atoms with Crippen LogP contribution in [0.1, 0.15) is 11.1 Å². The van der Waals surface area contributed by atoms with Crippen molar-refractivity contribution in [3.05, 3.63) is 65.2 Å². The Morgan fingerprint density at radius 1 is 1.05 bits per heavy atom. The van der Waals surface area contributed by atoms with E-state index in [1.54, 1.807) is 12.1 Å². The summed E-state index contributed by atoms with van der Waals surface area (Å²) >= 11 is 0. The van der Waals surface area contributed by atoms with Crippen molar-refractivity contribution in [2.45, 2.75) is 6.54 Å². The molecule has 108 valence electrons. The van der Waals surface area contributed by atoms with Crippen molar-refractivity contribution in [3.63, 3.8) is 0 Å². The molecule has 0 aliphatic heterocycles. The average Bonchev–Trinajstić information content (AvgIpc) is 2.45. The van der Waals surface area contributed by atoms with Crippen LogP contribution in [-0.2, 0) is 6.54 Å².